The topological polar surface area (TPSA) is 38.1 Å². The first-order valence-corrected chi connectivity index (χ1v) is 7.81. The van der Waals surface area contributed by atoms with Crippen LogP contribution in [0.5, 0.6) is 0 Å². The van der Waals surface area contributed by atoms with Crippen molar-refractivity contribution in [3.05, 3.63) is 30.1 Å². The van der Waals surface area contributed by atoms with E-state index in [0.29, 0.717) is 18.6 Å². The van der Waals surface area contributed by atoms with Gasteiger partial charge in [0.25, 0.3) is 0 Å². The number of fused-ring (bicyclic) bond motifs is 1. The zero-order valence-corrected chi connectivity index (χ0v) is 13.0. The van der Waals surface area contributed by atoms with Gasteiger partial charge in [-0.15, -0.1) is 0 Å². The third-order valence-electron chi connectivity index (χ3n) is 4.62. The summed E-state index contributed by atoms with van der Waals surface area (Å²) in [4.78, 5) is 19.4. The molecule has 3 rings (SSSR count). The van der Waals surface area contributed by atoms with Crippen LogP contribution in [0.3, 0.4) is 0 Å². The van der Waals surface area contributed by atoms with Gasteiger partial charge in [0.2, 0.25) is 5.91 Å². The smallest absolute Gasteiger partial charge is 0.243 e. The first kappa shape index (κ1) is 14.1. The maximum absolute atomic E-state index is 12.8. The Morgan fingerprint density at radius 1 is 1.24 bits per heavy atom. The first-order chi connectivity index (χ1) is 10.1. The summed E-state index contributed by atoms with van der Waals surface area (Å²) in [5.41, 5.74) is 2.00. The summed E-state index contributed by atoms with van der Waals surface area (Å²) in [6.45, 7) is 6.68. The number of nitrogens with zero attached hydrogens (tertiary/aromatic N) is 3. The molecule has 21 heavy (non-hydrogen) atoms. The van der Waals surface area contributed by atoms with Crippen LogP contribution >= 0.6 is 0 Å². The maximum Gasteiger partial charge on any atom is 0.243 e. The fourth-order valence-electron chi connectivity index (χ4n) is 3.53. The van der Waals surface area contributed by atoms with E-state index >= 15 is 0 Å². The van der Waals surface area contributed by atoms with Gasteiger partial charge in [-0.25, -0.2) is 4.98 Å². The third-order valence-corrected chi connectivity index (χ3v) is 4.62. The van der Waals surface area contributed by atoms with Gasteiger partial charge in [-0.2, -0.15) is 0 Å². The van der Waals surface area contributed by atoms with Crippen LogP contribution in [0, 0.1) is 6.92 Å². The van der Waals surface area contributed by atoms with Crippen LogP contribution in [0.1, 0.15) is 38.9 Å². The summed E-state index contributed by atoms with van der Waals surface area (Å²) in [5, 5.41) is 0. The summed E-state index contributed by atoms with van der Waals surface area (Å²) in [5.74, 6) is 1.11. The number of hydrogen-bond acceptors (Lipinski definition) is 2. The minimum absolute atomic E-state index is 0.209. The highest BCUT2D eigenvalue weighted by Gasteiger charge is 2.29. The van der Waals surface area contributed by atoms with Gasteiger partial charge in [-0.1, -0.05) is 12.1 Å². The number of carbonyl (C=O) groups is 1. The molecule has 0 N–H and O–H groups in total. The summed E-state index contributed by atoms with van der Waals surface area (Å²) in [7, 11) is 0. The Kier molecular flexibility index (Phi) is 3.70. The Labute approximate surface area is 125 Å². The van der Waals surface area contributed by atoms with E-state index in [2.05, 4.69) is 23.7 Å². The molecule has 4 heteroatoms. The van der Waals surface area contributed by atoms with E-state index in [-0.39, 0.29) is 5.91 Å². The van der Waals surface area contributed by atoms with Crippen LogP contribution in [0.2, 0.25) is 0 Å². The van der Waals surface area contributed by atoms with E-state index in [9.17, 15) is 4.79 Å². The van der Waals surface area contributed by atoms with Gasteiger partial charge in [-0.3, -0.25) is 4.79 Å². The van der Waals surface area contributed by atoms with Gasteiger partial charge in [0, 0.05) is 12.1 Å². The Hall–Kier alpha value is -1.84. The summed E-state index contributed by atoms with van der Waals surface area (Å²) >= 11 is 0. The number of aryl methyl sites for hydroxylation is 1. The number of amides is 1. The molecule has 112 valence electrons. The predicted octanol–water partition coefficient (Wildman–Crippen LogP) is 3.13. The van der Waals surface area contributed by atoms with Crippen molar-refractivity contribution in [1.29, 1.82) is 0 Å². The van der Waals surface area contributed by atoms with Crippen molar-refractivity contribution in [3.63, 3.8) is 0 Å². The highest BCUT2D eigenvalue weighted by Crippen LogP contribution is 2.24. The molecule has 1 saturated heterocycles. The molecule has 0 bridgehead atoms. The SMILES string of the molecule is Cc1nc2ccccc2n1CC(=O)N1[C@H](C)CCC[C@H]1C. The molecule has 1 fully saturated rings. The quantitative estimate of drug-likeness (QED) is 0.850. The van der Waals surface area contributed by atoms with Crippen molar-refractivity contribution < 1.29 is 4.79 Å². The van der Waals surface area contributed by atoms with E-state index in [1.54, 1.807) is 0 Å². The van der Waals surface area contributed by atoms with Crippen molar-refractivity contribution in [2.24, 2.45) is 0 Å². The van der Waals surface area contributed by atoms with Crippen molar-refractivity contribution in [2.75, 3.05) is 0 Å². The summed E-state index contributed by atoms with van der Waals surface area (Å²) < 4.78 is 2.03. The molecule has 4 nitrogen and oxygen atoms in total. The number of carbonyl (C=O) groups excluding carboxylic acids is 1. The number of rotatable bonds is 2. The largest absolute Gasteiger partial charge is 0.336 e. The van der Waals surface area contributed by atoms with Gasteiger partial charge in [0.1, 0.15) is 12.4 Å². The minimum Gasteiger partial charge on any atom is -0.336 e. The summed E-state index contributed by atoms with van der Waals surface area (Å²) in [6.07, 6.45) is 3.44. The Bertz CT molecular complexity index is 651. The molecule has 1 aromatic carbocycles. The van der Waals surface area contributed by atoms with Crippen LogP contribution in [0.4, 0.5) is 0 Å². The van der Waals surface area contributed by atoms with Crippen molar-refractivity contribution in [3.8, 4) is 0 Å². The van der Waals surface area contributed by atoms with E-state index in [1.165, 1.54) is 6.42 Å². The molecule has 2 aromatic rings. The lowest BCUT2D eigenvalue weighted by Gasteiger charge is -2.39. The van der Waals surface area contributed by atoms with Gasteiger partial charge >= 0.3 is 0 Å². The van der Waals surface area contributed by atoms with Gasteiger partial charge in [0.15, 0.2) is 0 Å². The van der Waals surface area contributed by atoms with Crippen LogP contribution < -0.4 is 0 Å². The molecular weight excluding hydrogens is 262 g/mol. The van der Waals surface area contributed by atoms with Gasteiger partial charge in [-0.05, 0) is 52.2 Å². The molecule has 0 saturated carbocycles. The zero-order valence-electron chi connectivity index (χ0n) is 13.0. The van der Waals surface area contributed by atoms with E-state index in [1.807, 2.05) is 35.8 Å². The number of hydrogen-bond donors (Lipinski definition) is 0. The monoisotopic (exact) mass is 285 g/mol. The molecule has 0 radical (unpaired) electrons. The molecule has 0 aliphatic carbocycles. The number of piperidine rings is 1. The number of likely N-dealkylation sites (tertiary alicyclic amines) is 1. The molecular formula is C17H23N3O. The van der Waals surface area contributed by atoms with Gasteiger partial charge < -0.3 is 9.47 Å². The molecule has 1 aromatic heterocycles. The maximum atomic E-state index is 12.8. The molecule has 1 amide bonds. The molecule has 0 unspecified atom stereocenters. The molecule has 1 aliphatic rings. The van der Waals surface area contributed by atoms with Crippen molar-refractivity contribution in [2.45, 2.75) is 58.7 Å². The van der Waals surface area contributed by atoms with Crippen LogP contribution in [-0.2, 0) is 11.3 Å². The first-order valence-electron chi connectivity index (χ1n) is 7.81. The van der Waals surface area contributed by atoms with Crippen LogP contribution in [0.15, 0.2) is 24.3 Å². The van der Waals surface area contributed by atoms with E-state index < -0.39 is 0 Å². The number of para-hydroxylation sites is 2. The Morgan fingerprint density at radius 3 is 2.62 bits per heavy atom. The minimum atomic E-state index is 0.209. The van der Waals surface area contributed by atoms with Gasteiger partial charge in [0.05, 0.1) is 11.0 Å². The highest BCUT2D eigenvalue weighted by molar-refractivity contribution is 5.81. The van der Waals surface area contributed by atoms with Crippen molar-refractivity contribution in [1.82, 2.24) is 14.5 Å². The molecule has 2 atom stereocenters. The second-order valence-corrected chi connectivity index (χ2v) is 6.16. The van der Waals surface area contributed by atoms with E-state index in [0.717, 1.165) is 29.7 Å². The number of imidazole rings is 1. The standard InChI is InChI=1S/C17H23N3O/c1-12-7-6-8-13(2)20(12)17(21)11-19-14(3)18-15-9-4-5-10-16(15)19/h4-5,9-10,12-13H,6-8,11H2,1-3H3/t12-,13-/m1/s1. The average Bonchev–Trinajstić information content (AvgIpc) is 2.75. The third kappa shape index (κ3) is 2.55. The average molecular weight is 285 g/mol. The highest BCUT2D eigenvalue weighted by atomic mass is 16.2. The second kappa shape index (κ2) is 5.51. The van der Waals surface area contributed by atoms with Crippen LogP contribution in [-0.4, -0.2) is 32.4 Å². The normalized spacial score (nSPS) is 22.7. The molecule has 0 spiro atoms. The lowest BCUT2D eigenvalue weighted by molar-refractivity contribution is -0.137. The zero-order chi connectivity index (χ0) is 15.0. The molecule has 2 heterocycles. The Balaban J connectivity index is 1.88. The number of benzene rings is 1. The summed E-state index contributed by atoms with van der Waals surface area (Å²) in [6, 6.07) is 8.70. The van der Waals surface area contributed by atoms with Crippen molar-refractivity contribution >= 4 is 16.9 Å². The predicted molar refractivity (Wildman–Crippen MR) is 84.1 cm³/mol. The fourth-order valence-corrected chi connectivity index (χ4v) is 3.53. The number of aromatic nitrogens is 2. The lowest BCUT2D eigenvalue weighted by Crippen LogP contribution is -2.48. The second-order valence-electron chi connectivity index (χ2n) is 6.16. The molecule has 1 aliphatic heterocycles. The van der Waals surface area contributed by atoms with E-state index in [4.69, 9.17) is 0 Å². The van der Waals surface area contributed by atoms with Crippen LogP contribution in [0.25, 0.3) is 11.0 Å². The Morgan fingerprint density at radius 2 is 1.90 bits per heavy atom. The fraction of sp³-hybridized carbons (Fsp3) is 0.529. The lowest BCUT2D eigenvalue weighted by atomic mass is 9.97.